The number of nitrogens with zero attached hydrogens (tertiary/aromatic N) is 1. The number of rotatable bonds is 6. The average molecular weight is 415 g/mol. The molecule has 0 unspecified atom stereocenters. The first-order valence-corrected chi connectivity index (χ1v) is 10.9. The second-order valence-electron chi connectivity index (χ2n) is 5.82. The van der Waals surface area contributed by atoms with Gasteiger partial charge in [-0.2, -0.15) is 4.31 Å². The Kier molecular flexibility index (Phi) is 6.31. The average Bonchev–Trinajstić information content (AvgIpc) is 3.08. The van der Waals surface area contributed by atoms with Crippen molar-refractivity contribution in [2.24, 2.45) is 0 Å². The molecule has 1 aromatic heterocycles. The number of morpholine rings is 1. The van der Waals surface area contributed by atoms with Gasteiger partial charge in [0, 0.05) is 19.6 Å². The lowest BCUT2D eigenvalue weighted by atomic mass is 10.1. The highest BCUT2D eigenvalue weighted by Gasteiger charge is 2.25. The van der Waals surface area contributed by atoms with E-state index in [1.165, 1.54) is 15.6 Å². The van der Waals surface area contributed by atoms with E-state index in [1.807, 2.05) is 12.1 Å². The van der Waals surface area contributed by atoms with Crippen LogP contribution < -0.4 is 5.32 Å². The minimum absolute atomic E-state index is 0.0934. The lowest BCUT2D eigenvalue weighted by molar-refractivity contribution is 0.0729. The van der Waals surface area contributed by atoms with Crippen molar-refractivity contribution in [1.29, 1.82) is 0 Å². The molecule has 1 aromatic carbocycles. The van der Waals surface area contributed by atoms with Crippen LogP contribution in [0.4, 0.5) is 0 Å². The summed E-state index contributed by atoms with van der Waals surface area (Å²) in [5, 5.41) is 2.82. The molecule has 0 bridgehead atoms. The number of thiophene rings is 1. The first kappa shape index (κ1) is 19.3. The van der Waals surface area contributed by atoms with Gasteiger partial charge in [-0.25, -0.2) is 8.42 Å². The van der Waals surface area contributed by atoms with E-state index in [9.17, 15) is 13.2 Å². The molecule has 140 valence electrons. The molecule has 0 saturated carbocycles. The molecule has 2 aromatic rings. The van der Waals surface area contributed by atoms with Crippen LogP contribution in [0.1, 0.15) is 20.8 Å². The van der Waals surface area contributed by atoms with Crippen molar-refractivity contribution >= 4 is 38.9 Å². The lowest BCUT2D eigenvalue weighted by Crippen LogP contribution is -2.41. The van der Waals surface area contributed by atoms with Crippen LogP contribution in [-0.4, -0.2) is 44.9 Å². The van der Waals surface area contributed by atoms with Gasteiger partial charge in [-0.15, -0.1) is 11.3 Å². The summed E-state index contributed by atoms with van der Waals surface area (Å²) >= 11 is 7.05. The number of amides is 1. The fourth-order valence-corrected chi connectivity index (χ4v) is 5.20. The Labute approximate surface area is 161 Å². The van der Waals surface area contributed by atoms with Crippen LogP contribution in [0.15, 0.2) is 36.4 Å². The quantitative estimate of drug-likeness (QED) is 0.787. The zero-order valence-corrected chi connectivity index (χ0v) is 16.4. The summed E-state index contributed by atoms with van der Waals surface area (Å²) in [7, 11) is -3.42. The molecule has 1 N–H and O–H groups in total. The highest BCUT2D eigenvalue weighted by atomic mass is 35.5. The molecule has 1 aliphatic rings. The zero-order valence-electron chi connectivity index (χ0n) is 14.0. The number of hydrogen-bond donors (Lipinski definition) is 1. The van der Waals surface area contributed by atoms with Gasteiger partial charge in [0.05, 0.1) is 28.2 Å². The third kappa shape index (κ3) is 4.83. The number of carbonyl (C=O) groups is 1. The molecular weight excluding hydrogens is 396 g/mol. The number of halogens is 1. The van der Waals surface area contributed by atoms with Gasteiger partial charge in [-0.3, -0.25) is 4.79 Å². The van der Waals surface area contributed by atoms with Crippen LogP contribution in [-0.2, 0) is 27.1 Å². The van der Waals surface area contributed by atoms with Crippen molar-refractivity contribution in [2.75, 3.05) is 26.3 Å². The van der Waals surface area contributed by atoms with Gasteiger partial charge in [-0.05, 0) is 23.3 Å². The van der Waals surface area contributed by atoms with E-state index in [0.717, 1.165) is 5.56 Å². The summed E-state index contributed by atoms with van der Waals surface area (Å²) in [5.74, 6) is -0.322. The SMILES string of the molecule is O=C(NCc1ccccc1CS(=O)(=O)N1CCOCC1)c1ccc(Cl)s1. The van der Waals surface area contributed by atoms with E-state index >= 15 is 0 Å². The summed E-state index contributed by atoms with van der Waals surface area (Å²) in [4.78, 5) is 12.7. The topological polar surface area (TPSA) is 75.7 Å². The summed E-state index contributed by atoms with van der Waals surface area (Å²) in [6.07, 6.45) is 0. The molecule has 0 spiro atoms. The largest absolute Gasteiger partial charge is 0.379 e. The first-order chi connectivity index (χ1) is 12.5. The van der Waals surface area contributed by atoms with Gasteiger partial charge in [-0.1, -0.05) is 35.9 Å². The molecule has 1 aliphatic heterocycles. The molecule has 1 fully saturated rings. The van der Waals surface area contributed by atoms with Crippen molar-refractivity contribution in [2.45, 2.75) is 12.3 Å². The number of carbonyl (C=O) groups excluding carboxylic acids is 1. The third-order valence-corrected chi connectivity index (χ3v) is 7.11. The molecule has 3 rings (SSSR count). The highest BCUT2D eigenvalue weighted by Crippen LogP contribution is 2.21. The Balaban J connectivity index is 1.68. The second kappa shape index (κ2) is 8.49. The predicted molar refractivity (Wildman–Crippen MR) is 102 cm³/mol. The molecule has 1 saturated heterocycles. The summed E-state index contributed by atoms with van der Waals surface area (Å²) in [6, 6.07) is 10.6. The van der Waals surface area contributed by atoms with Crippen LogP contribution in [0.25, 0.3) is 0 Å². The standard InChI is InChI=1S/C17H19ClN2O4S2/c18-16-6-5-15(25-16)17(21)19-11-13-3-1-2-4-14(13)12-26(22,23)20-7-9-24-10-8-20/h1-6H,7-12H2,(H,19,21). The van der Waals surface area contributed by atoms with Gasteiger partial charge in [0.2, 0.25) is 10.0 Å². The Hall–Kier alpha value is -1.45. The Morgan fingerprint density at radius 3 is 2.50 bits per heavy atom. The molecule has 26 heavy (non-hydrogen) atoms. The fourth-order valence-electron chi connectivity index (χ4n) is 2.68. The van der Waals surface area contributed by atoms with Crippen molar-refractivity contribution < 1.29 is 17.9 Å². The monoisotopic (exact) mass is 414 g/mol. The predicted octanol–water partition coefficient (Wildman–Crippen LogP) is 2.49. The molecular formula is C17H19ClN2O4S2. The molecule has 0 aliphatic carbocycles. The Morgan fingerprint density at radius 1 is 1.15 bits per heavy atom. The minimum atomic E-state index is -3.42. The third-order valence-electron chi connectivity index (χ3n) is 4.06. The van der Waals surface area contributed by atoms with Crippen molar-refractivity contribution in [3.63, 3.8) is 0 Å². The van der Waals surface area contributed by atoms with Crippen molar-refractivity contribution in [3.05, 3.63) is 56.7 Å². The number of hydrogen-bond acceptors (Lipinski definition) is 5. The van der Waals surface area contributed by atoms with Crippen molar-refractivity contribution in [3.8, 4) is 0 Å². The highest BCUT2D eigenvalue weighted by molar-refractivity contribution is 7.88. The molecule has 0 atom stereocenters. The number of benzene rings is 1. The van der Waals surface area contributed by atoms with E-state index in [0.29, 0.717) is 41.1 Å². The van der Waals surface area contributed by atoms with E-state index < -0.39 is 10.0 Å². The van der Waals surface area contributed by atoms with Crippen LogP contribution in [0.3, 0.4) is 0 Å². The zero-order chi connectivity index (χ0) is 18.6. The number of ether oxygens (including phenoxy) is 1. The van der Waals surface area contributed by atoms with E-state index in [1.54, 1.807) is 24.3 Å². The molecule has 9 heteroatoms. The van der Waals surface area contributed by atoms with Gasteiger partial charge >= 0.3 is 0 Å². The molecule has 2 heterocycles. The van der Waals surface area contributed by atoms with Gasteiger partial charge in [0.15, 0.2) is 0 Å². The van der Waals surface area contributed by atoms with E-state index in [2.05, 4.69) is 5.32 Å². The normalized spacial score (nSPS) is 15.7. The van der Waals surface area contributed by atoms with Crippen molar-refractivity contribution in [1.82, 2.24) is 9.62 Å². The van der Waals surface area contributed by atoms with Crippen LogP contribution >= 0.6 is 22.9 Å². The van der Waals surface area contributed by atoms with E-state index in [-0.39, 0.29) is 18.2 Å². The maximum atomic E-state index is 12.6. The Morgan fingerprint density at radius 2 is 1.85 bits per heavy atom. The molecule has 0 radical (unpaired) electrons. The van der Waals surface area contributed by atoms with Crippen LogP contribution in [0.2, 0.25) is 4.34 Å². The fraction of sp³-hybridized carbons (Fsp3) is 0.353. The lowest BCUT2D eigenvalue weighted by Gasteiger charge is -2.26. The van der Waals surface area contributed by atoms with Gasteiger partial charge < -0.3 is 10.1 Å². The van der Waals surface area contributed by atoms with Gasteiger partial charge in [0.1, 0.15) is 0 Å². The molecule has 1 amide bonds. The first-order valence-electron chi connectivity index (χ1n) is 8.11. The minimum Gasteiger partial charge on any atom is -0.379 e. The Bertz CT molecular complexity index is 876. The summed E-state index contributed by atoms with van der Waals surface area (Å²) < 4.78 is 32.5. The van der Waals surface area contributed by atoms with Gasteiger partial charge in [0.25, 0.3) is 5.91 Å². The summed E-state index contributed by atoms with van der Waals surface area (Å²) in [6.45, 7) is 1.84. The number of nitrogens with one attached hydrogen (secondary N) is 1. The maximum absolute atomic E-state index is 12.6. The van der Waals surface area contributed by atoms with E-state index in [4.69, 9.17) is 16.3 Å². The van der Waals surface area contributed by atoms with Crippen LogP contribution in [0, 0.1) is 0 Å². The smallest absolute Gasteiger partial charge is 0.261 e. The molecule has 6 nitrogen and oxygen atoms in total. The maximum Gasteiger partial charge on any atom is 0.261 e. The number of sulfonamides is 1. The second-order valence-corrected chi connectivity index (χ2v) is 9.51. The summed E-state index contributed by atoms with van der Waals surface area (Å²) in [5.41, 5.74) is 1.46. The van der Waals surface area contributed by atoms with Crippen LogP contribution in [0.5, 0.6) is 0 Å².